The lowest BCUT2D eigenvalue weighted by molar-refractivity contribution is -0.134. The van der Waals surface area contributed by atoms with Gasteiger partial charge in [-0.2, -0.15) is 0 Å². The molecule has 1 saturated heterocycles. The first-order chi connectivity index (χ1) is 9.70. The predicted molar refractivity (Wildman–Crippen MR) is 76.2 cm³/mol. The van der Waals surface area contributed by atoms with Crippen LogP contribution in [-0.2, 0) is 16.1 Å². The molecule has 110 valence electrons. The largest absolute Gasteiger partial charge is 0.395 e. The van der Waals surface area contributed by atoms with E-state index in [-0.39, 0.29) is 18.6 Å². The molecule has 0 saturated carbocycles. The maximum atomic E-state index is 12.2. The van der Waals surface area contributed by atoms with Gasteiger partial charge in [0.15, 0.2) is 0 Å². The van der Waals surface area contributed by atoms with E-state index < -0.39 is 0 Å². The third kappa shape index (κ3) is 4.03. The van der Waals surface area contributed by atoms with E-state index in [0.717, 1.165) is 5.56 Å². The Morgan fingerprint density at radius 3 is 2.90 bits per heavy atom. The Morgan fingerprint density at radius 2 is 2.20 bits per heavy atom. The van der Waals surface area contributed by atoms with Gasteiger partial charge in [0.1, 0.15) is 0 Å². The number of likely N-dealkylation sites (N-methyl/N-ethyl adjacent to an activating group) is 1. The molecule has 1 N–H and O–H groups in total. The van der Waals surface area contributed by atoms with Crippen molar-refractivity contribution in [1.82, 2.24) is 9.80 Å². The van der Waals surface area contributed by atoms with Gasteiger partial charge in [0, 0.05) is 20.1 Å². The van der Waals surface area contributed by atoms with Gasteiger partial charge in [-0.15, -0.1) is 0 Å². The minimum Gasteiger partial charge on any atom is -0.395 e. The summed E-state index contributed by atoms with van der Waals surface area (Å²) in [5.74, 6) is 0.0641. The first-order valence-electron chi connectivity index (χ1n) is 6.91. The highest BCUT2D eigenvalue weighted by atomic mass is 16.5. The maximum Gasteiger partial charge on any atom is 0.236 e. The van der Waals surface area contributed by atoms with E-state index in [2.05, 4.69) is 0 Å². The van der Waals surface area contributed by atoms with E-state index in [1.54, 1.807) is 4.90 Å². The number of hydrogen-bond acceptors (Lipinski definition) is 4. The minimum atomic E-state index is -0.0715. The Morgan fingerprint density at radius 1 is 1.45 bits per heavy atom. The molecule has 1 unspecified atom stereocenters. The van der Waals surface area contributed by atoms with Crippen LogP contribution in [0.2, 0.25) is 0 Å². The molecule has 1 aromatic rings. The van der Waals surface area contributed by atoms with Crippen LogP contribution >= 0.6 is 0 Å². The minimum absolute atomic E-state index is 0.0235. The van der Waals surface area contributed by atoms with E-state index in [4.69, 9.17) is 4.74 Å². The zero-order valence-corrected chi connectivity index (χ0v) is 11.9. The molecule has 1 amide bonds. The van der Waals surface area contributed by atoms with Crippen LogP contribution in [0, 0.1) is 0 Å². The van der Waals surface area contributed by atoms with Crippen LogP contribution in [0.25, 0.3) is 0 Å². The fourth-order valence-electron chi connectivity index (χ4n) is 2.31. The number of amides is 1. The van der Waals surface area contributed by atoms with Crippen molar-refractivity contribution >= 4 is 5.91 Å². The first kappa shape index (κ1) is 15.0. The second-order valence-electron chi connectivity index (χ2n) is 5.12. The quantitative estimate of drug-likeness (QED) is 0.844. The van der Waals surface area contributed by atoms with Crippen LogP contribution in [0.3, 0.4) is 0 Å². The van der Waals surface area contributed by atoms with E-state index in [0.29, 0.717) is 32.8 Å². The molecule has 1 heterocycles. The number of hydrogen-bond donors (Lipinski definition) is 1. The molecule has 1 aliphatic heterocycles. The zero-order valence-electron chi connectivity index (χ0n) is 11.9. The lowest BCUT2D eigenvalue weighted by atomic mass is 10.2. The molecule has 1 aromatic carbocycles. The second kappa shape index (κ2) is 7.38. The molecular weight excluding hydrogens is 256 g/mol. The monoisotopic (exact) mass is 278 g/mol. The lowest BCUT2D eigenvalue weighted by Gasteiger charge is -2.34. The summed E-state index contributed by atoms with van der Waals surface area (Å²) in [5.41, 5.74) is 1.11. The van der Waals surface area contributed by atoms with Crippen LogP contribution in [-0.4, -0.2) is 66.8 Å². The van der Waals surface area contributed by atoms with Gasteiger partial charge < -0.3 is 14.7 Å². The van der Waals surface area contributed by atoms with Gasteiger partial charge in [-0.3, -0.25) is 9.69 Å². The molecule has 0 aliphatic carbocycles. The van der Waals surface area contributed by atoms with Crippen molar-refractivity contribution in [3.05, 3.63) is 35.9 Å². The Balaban J connectivity index is 1.87. The number of morpholine rings is 1. The van der Waals surface area contributed by atoms with Crippen molar-refractivity contribution in [2.45, 2.75) is 12.6 Å². The molecule has 0 radical (unpaired) electrons. The average Bonchev–Trinajstić information content (AvgIpc) is 2.48. The van der Waals surface area contributed by atoms with Crippen LogP contribution < -0.4 is 0 Å². The van der Waals surface area contributed by atoms with E-state index >= 15 is 0 Å². The molecule has 20 heavy (non-hydrogen) atoms. The van der Waals surface area contributed by atoms with Crippen molar-refractivity contribution in [2.24, 2.45) is 0 Å². The van der Waals surface area contributed by atoms with E-state index in [1.165, 1.54) is 0 Å². The number of aliphatic hydroxyl groups excluding tert-OH is 1. The number of aliphatic hydroxyl groups is 1. The Labute approximate surface area is 119 Å². The Kier molecular flexibility index (Phi) is 5.52. The highest BCUT2D eigenvalue weighted by Crippen LogP contribution is 2.08. The Hall–Kier alpha value is -1.43. The summed E-state index contributed by atoms with van der Waals surface area (Å²) in [4.78, 5) is 16.0. The van der Waals surface area contributed by atoms with E-state index in [1.807, 2.05) is 42.3 Å². The van der Waals surface area contributed by atoms with Crippen molar-refractivity contribution in [3.8, 4) is 0 Å². The summed E-state index contributed by atoms with van der Waals surface area (Å²) < 4.78 is 5.31. The number of nitrogens with zero attached hydrogens (tertiary/aromatic N) is 2. The van der Waals surface area contributed by atoms with Gasteiger partial charge in [0.05, 0.1) is 32.4 Å². The van der Waals surface area contributed by atoms with Gasteiger partial charge >= 0.3 is 0 Å². The number of ether oxygens (including phenoxy) is 1. The van der Waals surface area contributed by atoms with Gasteiger partial charge in [0.2, 0.25) is 5.91 Å². The van der Waals surface area contributed by atoms with Crippen molar-refractivity contribution in [1.29, 1.82) is 0 Å². The molecular formula is C15H22N2O3. The van der Waals surface area contributed by atoms with Gasteiger partial charge in [-0.1, -0.05) is 30.3 Å². The van der Waals surface area contributed by atoms with Crippen LogP contribution in [0.1, 0.15) is 5.56 Å². The SMILES string of the molecule is CN(Cc1ccccc1)C(=O)CN1CCOCC1CO. The van der Waals surface area contributed by atoms with Crippen LogP contribution in [0.5, 0.6) is 0 Å². The molecule has 1 atom stereocenters. The van der Waals surface area contributed by atoms with Crippen molar-refractivity contribution < 1.29 is 14.6 Å². The summed E-state index contributed by atoms with van der Waals surface area (Å²) in [7, 11) is 1.81. The molecule has 5 heteroatoms. The third-order valence-electron chi connectivity index (χ3n) is 3.59. The van der Waals surface area contributed by atoms with Crippen LogP contribution in [0.15, 0.2) is 30.3 Å². The zero-order chi connectivity index (χ0) is 14.4. The standard InChI is InChI=1S/C15H22N2O3/c1-16(9-13-5-3-2-4-6-13)15(19)10-17-7-8-20-12-14(17)11-18/h2-6,14,18H,7-12H2,1H3. The molecule has 0 spiro atoms. The first-order valence-corrected chi connectivity index (χ1v) is 6.91. The molecule has 1 fully saturated rings. The highest BCUT2D eigenvalue weighted by Gasteiger charge is 2.25. The molecule has 1 aliphatic rings. The lowest BCUT2D eigenvalue weighted by Crippen LogP contribution is -2.51. The summed E-state index contributed by atoms with van der Waals surface area (Å²) in [5, 5.41) is 9.30. The van der Waals surface area contributed by atoms with Crippen molar-refractivity contribution in [3.63, 3.8) is 0 Å². The van der Waals surface area contributed by atoms with Gasteiger partial charge in [0.25, 0.3) is 0 Å². The van der Waals surface area contributed by atoms with Gasteiger partial charge in [-0.25, -0.2) is 0 Å². The smallest absolute Gasteiger partial charge is 0.236 e. The summed E-state index contributed by atoms with van der Waals surface area (Å²) >= 11 is 0. The molecule has 2 rings (SSSR count). The second-order valence-corrected chi connectivity index (χ2v) is 5.12. The number of rotatable bonds is 5. The fourth-order valence-corrected chi connectivity index (χ4v) is 2.31. The molecule has 0 aromatic heterocycles. The van der Waals surface area contributed by atoms with Crippen LogP contribution in [0.4, 0.5) is 0 Å². The van der Waals surface area contributed by atoms with E-state index in [9.17, 15) is 9.90 Å². The third-order valence-corrected chi connectivity index (χ3v) is 3.59. The number of carbonyl (C=O) groups excluding carboxylic acids is 1. The normalized spacial score (nSPS) is 19.8. The Bertz CT molecular complexity index is 424. The number of benzene rings is 1. The number of carbonyl (C=O) groups is 1. The van der Waals surface area contributed by atoms with Gasteiger partial charge in [-0.05, 0) is 5.56 Å². The molecule has 0 bridgehead atoms. The predicted octanol–water partition coefficient (Wildman–Crippen LogP) is 0.338. The summed E-state index contributed by atoms with van der Waals surface area (Å²) in [6.45, 7) is 2.76. The van der Waals surface area contributed by atoms with Crippen molar-refractivity contribution in [2.75, 3.05) is 40.0 Å². The average molecular weight is 278 g/mol. The topological polar surface area (TPSA) is 53.0 Å². The maximum absolute atomic E-state index is 12.2. The fraction of sp³-hybridized carbons (Fsp3) is 0.533. The highest BCUT2D eigenvalue weighted by molar-refractivity contribution is 5.78. The summed E-state index contributed by atoms with van der Waals surface area (Å²) in [6, 6.07) is 9.85. The molecule has 5 nitrogen and oxygen atoms in total. The summed E-state index contributed by atoms with van der Waals surface area (Å²) in [6.07, 6.45) is 0.